The summed E-state index contributed by atoms with van der Waals surface area (Å²) >= 11 is 0. The molecule has 3 rings (SSSR count). The van der Waals surface area contributed by atoms with Crippen molar-refractivity contribution in [3.63, 3.8) is 0 Å². The van der Waals surface area contributed by atoms with Crippen molar-refractivity contribution in [3.8, 4) is 11.3 Å². The van der Waals surface area contributed by atoms with Crippen molar-refractivity contribution >= 4 is 5.91 Å². The van der Waals surface area contributed by atoms with Gasteiger partial charge >= 0.3 is 0 Å². The molecule has 0 spiro atoms. The minimum atomic E-state index is -0.127. The van der Waals surface area contributed by atoms with Gasteiger partial charge in [0.1, 0.15) is 0 Å². The molecular formula is C21H23N3O. The number of nitrogens with one attached hydrogen (secondary N) is 2. The molecule has 128 valence electrons. The third kappa shape index (κ3) is 3.97. The summed E-state index contributed by atoms with van der Waals surface area (Å²) in [5.74, 6) is 0.379. The lowest BCUT2D eigenvalue weighted by molar-refractivity contribution is 0.0951. The van der Waals surface area contributed by atoms with Crippen LogP contribution in [-0.4, -0.2) is 16.1 Å². The molecule has 4 nitrogen and oxygen atoms in total. The van der Waals surface area contributed by atoms with Crippen LogP contribution in [-0.2, 0) is 6.54 Å². The lowest BCUT2D eigenvalue weighted by Crippen LogP contribution is -2.23. The number of hydrogen-bond acceptors (Lipinski definition) is 2. The van der Waals surface area contributed by atoms with Crippen molar-refractivity contribution in [1.29, 1.82) is 0 Å². The standard InChI is InChI=1S/C21H23N3O/c1-14(2)17-9-7-16(8-10-17)12-22-21(25)19-13-23-24-20(19)18-6-4-5-15(3)11-18/h4-11,13-14H,12H2,1-3H3,(H,22,25)(H,23,24). The second-order valence-electron chi connectivity index (χ2n) is 6.61. The van der Waals surface area contributed by atoms with E-state index < -0.39 is 0 Å². The van der Waals surface area contributed by atoms with E-state index in [2.05, 4.69) is 53.6 Å². The zero-order valence-corrected chi connectivity index (χ0v) is 14.8. The molecule has 0 saturated heterocycles. The maximum Gasteiger partial charge on any atom is 0.255 e. The van der Waals surface area contributed by atoms with E-state index in [1.165, 1.54) is 5.56 Å². The van der Waals surface area contributed by atoms with Crippen LogP contribution in [0.25, 0.3) is 11.3 Å². The molecule has 1 aromatic heterocycles. The topological polar surface area (TPSA) is 57.8 Å². The van der Waals surface area contributed by atoms with Gasteiger partial charge in [0.25, 0.3) is 5.91 Å². The van der Waals surface area contributed by atoms with Crippen molar-refractivity contribution in [2.24, 2.45) is 0 Å². The highest BCUT2D eigenvalue weighted by Gasteiger charge is 2.15. The van der Waals surface area contributed by atoms with Crippen molar-refractivity contribution in [2.45, 2.75) is 33.2 Å². The number of rotatable bonds is 5. The van der Waals surface area contributed by atoms with Crippen molar-refractivity contribution < 1.29 is 4.79 Å². The molecule has 4 heteroatoms. The van der Waals surface area contributed by atoms with Gasteiger partial charge in [0, 0.05) is 12.1 Å². The number of nitrogens with zero attached hydrogens (tertiary/aromatic N) is 1. The summed E-state index contributed by atoms with van der Waals surface area (Å²) in [7, 11) is 0. The Bertz CT molecular complexity index is 863. The fourth-order valence-corrected chi connectivity index (χ4v) is 2.78. The van der Waals surface area contributed by atoms with Gasteiger partial charge in [-0.25, -0.2) is 0 Å². The number of hydrogen-bond donors (Lipinski definition) is 2. The van der Waals surface area contributed by atoms with Gasteiger partial charge in [-0.05, 0) is 30.0 Å². The summed E-state index contributed by atoms with van der Waals surface area (Å²) in [6.07, 6.45) is 1.58. The van der Waals surface area contributed by atoms with E-state index in [1.54, 1.807) is 6.20 Å². The van der Waals surface area contributed by atoms with Gasteiger partial charge in [-0.1, -0.05) is 61.9 Å². The zero-order valence-electron chi connectivity index (χ0n) is 14.8. The predicted octanol–water partition coefficient (Wildman–Crippen LogP) is 4.44. The Morgan fingerprint density at radius 1 is 1.16 bits per heavy atom. The molecule has 0 saturated carbocycles. The highest BCUT2D eigenvalue weighted by molar-refractivity contribution is 5.99. The summed E-state index contributed by atoms with van der Waals surface area (Å²) in [5.41, 5.74) is 5.79. The third-order valence-corrected chi connectivity index (χ3v) is 4.29. The molecule has 25 heavy (non-hydrogen) atoms. The molecule has 0 unspecified atom stereocenters. The van der Waals surface area contributed by atoms with Crippen LogP contribution in [0, 0.1) is 6.92 Å². The van der Waals surface area contributed by atoms with Crippen LogP contribution >= 0.6 is 0 Å². The minimum Gasteiger partial charge on any atom is -0.348 e. The molecular weight excluding hydrogens is 310 g/mol. The molecule has 2 aromatic carbocycles. The largest absolute Gasteiger partial charge is 0.348 e. The summed E-state index contributed by atoms with van der Waals surface area (Å²) in [4.78, 5) is 12.6. The van der Waals surface area contributed by atoms with Crippen LogP contribution in [0.3, 0.4) is 0 Å². The second-order valence-corrected chi connectivity index (χ2v) is 6.61. The van der Waals surface area contributed by atoms with E-state index in [0.29, 0.717) is 18.0 Å². The Balaban J connectivity index is 1.71. The molecule has 0 radical (unpaired) electrons. The van der Waals surface area contributed by atoms with Crippen LogP contribution in [0.5, 0.6) is 0 Å². The van der Waals surface area contributed by atoms with Crippen LogP contribution < -0.4 is 5.32 Å². The summed E-state index contributed by atoms with van der Waals surface area (Å²) in [6.45, 7) is 6.86. The maximum absolute atomic E-state index is 12.6. The smallest absolute Gasteiger partial charge is 0.255 e. The van der Waals surface area contributed by atoms with Crippen molar-refractivity contribution in [2.75, 3.05) is 0 Å². The number of aromatic amines is 1. The monoisotopic (exact) mass is 333 g/mol. The number of carbonyl (C=O) groups excluding carboxylic acids is 1. The Hall–Kier alpha value is -2.88. The van der Waals surface area contributed by atoms with Gasteiger partial charge in [0.15, 0.2) is 0 Å². The van der Waals surface area contributed by atoms with Crippen LogP contribution in [0.2, 0.25) is 0 Å². The lowest BCUT2D eigenvalue weighted by atomic mass is 10.0. The molecule has 0 aliphatic carbocycles. The SMILES string of the molecule is Cc1cccc(-c2[nH]ncc2C(=O)NCc2ccc(C(C)C)cc2)c1. The summed E-state index contributed by atoms with van der Waals surface area (Å²) in [5, 5.41) is 9.96. The van der Waals surface area contributed by atoms with Gasteiger partial charge in [-0.2, -0.15) is 5.10 Å². The third-order valence-electron chi connectivity index (χ3n) is 4.29. The minimum absolute atomic E-state index is 0.127. The van der Waals surface area contributed by atoms with E-state index >= 15 is 0 Å². The lowest BCUT2D eigenvalue weighted by Gasteiger charge is -2.09. The summed E-state index contributed by atoms with van der Waals surface area (Å²) < 4.78 is 0. The molecule has 1 heterocycles. The zero-order chi connectivity index (χ0) is 17.8. The van der Waals surface area contributed by atoms with Crippen molar-refractivity contribution in [3.05, 3.63) is 77.0 Å². The number of H-pyrrole nitrogens is 1. The first-order valence-corrected chi connectivity index (χ1v) is 8.52. The molecule has 0 fully saturated rings. The molecule has 3 aromatic rings. The summed E-state index contributed by atoms with van der Waals surface area (Å²) in [6, 6.07) is 16.4. The van der Waals surface area contributed by atoms with Crippen LogP contribution in [0.4, 0.5) is 0 Å². The Morgan fingerprint density at radius 2 is 1.92 bits per heavy atom. The first-order valence-electron chi connectivity index (χ1n) is 8.52. The van der Waals surface area contributed by atoms with Crippen LogP contribution in [0.15, 0.2) is 54.7 Å². The Labute approximate surface area is 148 Å². The van der Waals surface area contributed by atoms with Crippen molar-refractivity contribution in [1.82, 2.24) is 15.5 Å². The average Bonchev–Trinajstić information content (AvgIpc) is 3.10. The highest BCUT2D eigenvalue weighted by atomic mass is 16.1. The first kappa shape index (κ1) is 17.0. The molecule has 2 N–H and O–H groups in total. The molecule has 0 atom stereocenters. The van der Waals surface area contributed by atoms with E-state index in [1.807, 2.05) is 31.2 Å². The molecule has 1 amide bonds. The number of aromatic nitrogens is 2. The van der Waals surface area contributed by atoms with E-state index in [4.69, 9.17) is 0 Å². The maximum atomic E-state index is 12.6. The van der Waals surface area contributed by atoms with E-state index in [9.17, 15) is 4.79 Å². The fraction of sp³-hybridized carbons (Fsp3) is 0.238. The molecule has 0 aliphatic rings. The average molecular weight is 333 g/mol. The Kier molecular flexibility index (Phi) is 4.98. The molecule has 0 aliphatic heterocycles. The first-order chi connectivity index (χ1) is 12.0. The van der Waals surface area contributed by atoms with Gasteiger partial charge in [0.2, 0.25) is 0 Å². The van der Waals surface area contributed by atoms with Crippen LogP contribution in [0.1, 0.15) is 46.8 Å². The van der Waals surface area contributed by atoms with Gasteiger partial charge < -0.3 is 5.32 Å². The quantitative estimate of drug-likeness (QED) is 0.725. The number of carbonyl (C=O) groups is 1. The van der Waals surface area contributed by atoms with E-state index in [0.717, 1.165) is 22.4 Å². The number of aryl methyl sites for hydroxylation is 1. The van der Waals surface area contributed by atoms with Gasteiger partial charge in [0.05, 0.1) is 17.5 Å². The number of benzene rings is 2. The van der Waals surface area contributed by atoms with Gasteiger partial charge in [-0.15, -0.1) is 0 Å². The number of amides is 1. The predicted molar refractivity (Wildman–Crippen MR) is 100 cm³/mol. The Morgan fingerprint density at radius 3 is 2.60 bits per heavy atom. The van der Waals surface area contributed by atoms with Gasteiger partial charge in [-0.3, -0.25) is 9.89 Å². The van der Waals surface area contributed by atoms with E-state index in [-0.39, 0.29) is 5.91 Å². The fourth-order valence-electron chi connectivity index (χ4n) is 2.78. The molecule has 0 bridgehead atoms. The second kappa shape index (κ2) is 7.34. The normalized spacial score (nSPS) is 10.9. The highest BCUT2D eigenvalue weighted by Crippen LogP contribution is 2.22.